The first kappa shape index (κ1) is 19.4. The molecule has 29 heavy (non-hydrogen) atoms. The maximum absolute atomic E-state index is 13.4. The molecule has 1 aliphatic heterocycles. The number of hydrogen-bond donors (Lipinski definition) is 0. The Bertz CT molecular complexity index is 940. The number of piperazine rings is 1. The van der Waals surface area contributed by atoms with Crippen molar-refractivity contribution < 1.29 is 23.1 Å². The van der Waals surface area contributed by atoms with Crippen molar-refractivity contribution in [2.24, 2.45) is 0 Å². The van der Waals surface area contributed by atoms with Gasteiger partial charge >= 0.3 is 0 Å². The van der Waals surface area contributed by atoms with Crippen molar-refractivity contribution in [1.29, 1.82) is 0 Å². The molecule has 2 aromatic carbocycles. The summed E-state index contributed by atoms with van der Waals surface area (Å²) in [6, 6.07) is 9.48. The lowest BCUT2D eigenvalue weighted by atomic mass is 10.1. The Morgan fingerprint density at radius 2 is 1.69 bits per heavy atom. The molecule has 1 amide bonds. The van der Waals surface area contributed by atoms with E-state index in [9.17, 15) is 18.4 Å². The van der Waals surface area contributed by atoms with Crippen LogP contribution in [0, 0.1) is 11.6 Å². The molecule has 5 nitrogen and oxygen atoms in total. The van der Waals surface area contributed by atoms with Gasteiger partial charge in [0.15, 0.2) is 11.6 Å². The van der Waals surface area contributed by atoms with Crippen LogP contribution in [0.5, 0.6) is 5.75 Å². The summed E-state index contributed by atoms with van der Waals surface area (Å²) < 4.78 is 32.2. The number of fused-ring (bicyclic) bond motifs is 1. The van der Waals surface area contributed by atoms with Gasteiger partial charge in [-0.25, -0.2) is 8.78 Å². The minimum absolute atomic E-state index is 0.00581. The Kier molecular flexibility index (Phi) is 5.47. The third kappa shape index (κ3) is 4.39. The Labute approximate surface area is 167 Å². The number of anilines is 1. The maximum atomic E-state index is 13.4. The van der Waals surface area contributed by atoms with Gasteiger partial charge in [-0.3, -0.25) is 9.59 Å². The van der Waals surface area contributed by atoms with Crippen LogP contribution in [-0.4, -0.2) is 49.4 Å². The SMILES string of the molecule is O=C1Cc2ccc(OCCC(=O)N3CCN(c4ccc(F)c(F)c4)CC3)cc2C1. The van der Waals surface area contributed by atoms with Gasteiger partial charge in [-0.1, -0.05) is 6.07 Å². The second-order valence-corrected chi connectivity index (χ2v) is 7.39. The number of nitrogens with zero attached hydrogens (tertiary/aromatic N) is 2. The van der Waals surface area contributed by atoms with E-state index in [1.165, 1.54) is 6.07 Å². The fourth-order valence-corrected chi connectivity index (χ4v) is 3.83. The van der Waals surface area contributed by atoms with Gasteiger partial charge in [0.25, 0.3) is 0 Å². The van der Waals surface area contributed by atoms with Crippen molar-refractivity contribution in [3.8, 4) is 5.75 Å². The number of amides is 1. The van der Waals surface area contributed by atoms with E-state index in [-0.39, 0.29) is 24.7 Å². The highest BCUT2D eigenvalue weighted by Gasteiger charge is 2.22. The van der Waals surface area contributed by atoms with E-state index in [2.05, 4.69) is 0 Å². The number of carbonyl (C=O) groups is 2. The van der Waals surface area contributed by atoms with Gasteiger partial charge in [-0.2, -0.15) is 0 Å². The molecule has 2 aliphatic rings. The molecule has 152 valence electrons. The van der Waals surface area contributed by atoms with E-state index in [1.807, 2.05) is 23.1 Å². The standard InChI is InChI=1S/C22H22F2N2O3/c23-20-4-2-17(14-21(20)24)25-6-8-26(9-7-25)22(28)5-10-29-19-3-1-15-11-18(27)12-16(15)13-19/h1-4,13-14H,5-12H2. The predicted molar refractivity (Wildman–Crippen MR) is 104 cm³/mol. The molecule has 0 saturated carbocycles. The average molecular weight is 400 g/mol. The van der Waals surface area contributed by atoms with E-state index in [0.29, 0.717) is 50.5 Å². The Morgan fingerprint density at radius 3 is 2.45 bits per heavy atom. The molecule has 2 aromatic rings. The molecule has 0 radical (unpaired) electrons. The summed E-state index contributed by atoms with van der Waals surface area (Å²) in [5, 5.41) is 0. The molecule has 0 aromatic heterocycles. The van der Waals surface area contributed by atoms with Crippen molar-refractivity contribution in [2.45, 2.75) is 19.3 Å². The van der Waals surface area contributed by atoms with Gasteiger partial charge < -0.3 is 14.5 Å². The zero-order valence-electron chi connectivity index (χ0n) is 16.0. The first-order chi connectivity index (χ1) is 14.0. The summed E-state index contributed by atoms with van der Waals surface area (Å²) in [5.74, 6) is -0.831. The van der Waals surface area contributed by atoms with E-state index in [0.717, 1.165) is 17.2 Å². The lowest BCUT2D eigenvalue weighted by Gasteiger charge is -2.36. The highest BCUT2D eigenvalue weighted by atomic mass is 19.2. The van der Waals surface area contributed by atoms with Crippen molar-refractivity contribution >= 4 is 17.4 Å². The molecule has 0 bridgehead atoms. The van der Waals surface area contributed by atoms with E-state index < -0.39 is 11.6 Å². The molecule has 0 N–H and O–H groups in total. The largest absolute Gasteiger partial charge is 0.493 e. The minimum Gasteiger partial charge on any atom is -0.493 e. The van der Waals surface area contributed by atoms with Crippen LogP contribution < -0.4 is 9.64 Å². The van der Waals surface area contributed by atoms with Gasteiger partial charge in [0.1, 0.15) is 11.5 Å². The van der Waals surface area contributed by atoms with Crippen LogP contribution in [0.25, 0.3) is 0 Å². The first-order valence-electron chi connectivity index (χ1n) is 9.73. The summed E-state index contributed by atoms with van der Waals surface area (Å²) in [5.41, 5.74) is 2.68. The van der Waals surface area contributed by atoms with Crippen LogP contribution in [0.3, 0.4) is 0 Å². The van der Waals surface area contributed by atoms with Crippen molar-refractivity contribution in [3.63, 3.8) is 0 Å². The Morgan fingerprint density at radius 1 is 0.931 bits per heavy atom. The van der Waals surface area contributed by atoms with Gasteiger partial charge in [0, 0.05) is 50.8 Å². The number of benzene rings is 2. The summed E-state index contributed by atoms with van der Waals surface area (Å²) in [7, 11) is 0. The van der Waals surface area contributed by atoms with Crippen LogP contribution in [0.1, 0.15) is 17.5 Å². The molecular weight excluding hydrogens is 378 g/mol. The quantitative estimate of drug-likeness (QED) is 0.775. The van der Waals surface area contributed by atoms with Gasteiger partial charge in [0.2, 0.25) is 5.91 Å². The van der Waals surface area contributed by atoms with Crippen molar-refractivity contribution in [3.05, 3.63) is 59.2 Å². The molecule has 1 aliphatic carbocycles. The van der Waals surface area contributed by atoms with Gasteiger partial charge in [-0.05, 0) is 35.4 Å². The normalized spacial score (nSPS) is 16.1. The third-order valence-electron chi connectivity index (χ3n) is 5.44. The van der Waals surface area contributed by atoms with E-state index in [1.54, 1.807) is 11.0 Å². The molecule has 1 heterocycles. The second kappa shape index (κ2) is 8.19. The molecule has 7 heteroatoms. The van der Waals surface area contributed by atoms with Gasteiger partial charge in [-0.15, -0.1) is 0 Å². The highest BCUT2D eigenvalue weighted by molar-refractivity contribution is 5.88. The smallest absolute Gasteiger partial charge is 0.226 e. The average Bonchev–Trinajstić information content (AvgIpc) is 3.09. The lowest BCUT2D eigenvalue weighted by Crippen LogP contribution is -2.49. The summed E-state index contributed by atoms with van der Waals surface area (Å²) in [6.07, 6.45) is 1.21. The fourth-order valence-electron chi connectivity index (χ4n) is 3.83. The predicted octanol–water partition coefficient (Wildman–Crippen LogP) is 2.75. The van der Waals surface area contributed by atoms with Crippen molar-refractivity contribution in [1.82, 2.24) is 4.90 Å². The molecule has 1 fully saturated rings. The minimum atomic E-state index is -0.867. The number of rotatable bonds is 5. The van der Waals surface area contributed by atoms with Crippen LogP contribution >= 0.6 is 0 Å². The molecular formula is C22H22F2N2O3. The topological polar surface area (TPSA) is 49.9 Å². The number of ketones is 1. The maximum Gasteiger partial charge on any atom is 0.226 e. The van der Waals surface area contributed by atoms with Crippen LogP contribution in [0.2, 0.25) is 0 Å². The number of carbonyl (C=O) groups excluding carboxylic acids is 2. The van der Waals surface area contributed by atoms with E-state index in [4.69, 9.17) is 4.74 Å². The van der Waals surface area contributed by atoms with Crippen LogP contribution in [-0.2, 0) is 22.4 Å². The first-order valence-corrected chi connectivity index (χ1v) is 9.73. The number of halogens is 2. The summed E-state index contributed by atoms with van der Waals surface area (Å²) in [6.45, 7) is 2.46. The molecule has 0 unspecified atom stereocenters. The summed E-state index contributed by atoms with van der Waals surface area (Å²) >= 11 is 0. The fraction of sp³-hybridized carbons (Fsp3) is 0.364. The highest BCUT2D eigenvalue weighted by Crippen LogP contribution is 2.24. The van der Waals surface area contributed by atoms with Crippen LogP contribution in [0.15, 0.2) is 36.4 Å². The number of ether oxygens (including phenoxy) is 1. The Hall–Kier alpha value is -2.96. The molecule has 1 saturated heterocycles. The van der Waals surface area contributed by atoms with Gasteiger partial charge in [0.05, 0.1) is 13.0 Å². The third-order valence-corrected chi connectivity index (χ3v) is 5.44. The summed E-state index contributed by atoms with van der Waals surface area (Å²) in [4.78, 5) is 27.6. The lowest BCUT2D eigenvalue weighted by molar-refractivity contribution is -0.132. The van der Waals surface area contributed by atoms with Crippen LogP contribution in [0.4, 0.5) is 14.5 Å². The second-order valence-electron chi connectivity index (χ2n) is 7.39. The zero-order chi connectivity index (χ0) is 20.4. The number of Topliss-reactive ketones (excluding diaryl/α,β-unsaturated/α-hetero) is 1. The monoisotopic (exact) mass is 400 g/mol. The molecule has 0 spiro atoms. The molecule has 0 atom stereocenters. The van der Waals surface area contributed by atoms with E-state index >= 15 is 0 Å². The Balaban J connectivity index is 1.23. The van der Waals surface area contributed by atoms with Crippen molar-refractivity contribution in [2.75, 3.05) is 37.7 Å². The number of hydrogen-bond acceptors (Lipinski definition) is 4. The zero-order valence-corrected chi connectivity index (χ0v) is 16.0. The molecule has 4 rings (SSSR count).